The molecule has 0 fully saturated rings. The highest BCUT2D eigenvalue weighted by atomic mass is 31.2. The highest BCUT2D eigenvalue weighted by Gasteiger charge is 2.45. The molecule has 1 N–H and O–H groups in total. The molecule has 0 aliphatic heterocycles. The van der Waals surface area contributed by atoms with Crippen LogP contribution < -0.4 is 4.52 Å². The van der Waals surface area contributed by atoms with Gasteiger partial charge in [-0.15, -0.1) is 9.05 Å². The summed E-state index contributed by atoms with van der Waals surface area (Å²) in [5, 5.41) is 0. The van der Waals surface area contributed by atoms with Crippen molar-refractivity contribution in [3.8, 4) is 5.75 Å². The predicted octanol–water partition coefficient (Wildman–Crippen LogP) is 3.12. The fourth-order valence-electron chi connectivity index (χ4n) is 1.22. The van der Waals surface area contributed by atoms with Crippen LogP contribution >= 0.6 is 8.17 Å². The number of benzene rings is 1. The van der Waals surface area contributed by atoms with E-state index >= 15 is 0 Å². The minimum atomic E-state index is -3.21. The lowest BCUT2D eigenvalue weighted by atomic mass is 10.2. The Kier molecular flexibility index (Phi) is 5.16. The Labute approximate surface area is 96.8 Å². The van der Waals surface area contributed by atoms with Crippen LogP contribution in [0, 0.1) is 6.92 Å². The maximum atomic E-state index is 10.0. The lowest BCUT2D eigenvalue weighted by Gasteiger charge is -2.13. The molecule has 0 radical (unpaired) electrons. The van der Waals surface area contributed by atoms with Gasteiger partial charge in [-0.3, -0.25) is 4.52 Å². The average Bonchev–Trinajstić information content (AvgIpc) is 2.17. The lowest BCUT2D eigenvalue weighted by molar-refractivity contribution is 0.133. The minimum absolute atomic E-state index is 0.343. The van der Waals surface area contributed by atoms with Crippen LogP contribution in [0.25, 0.3) is 0 Å². The monoisotopic (exact) mass is 245 g/mol. The SMILES string of the molecule is CCO[P+](O)(OCC)Oc1cccc(C)c1. The van der Waals surface area contributed by atoms with E-state index in [-0.39, 0.29) is 0 Å². The molecule has 16 heavy (non-hydrogen) atoms. The maximum Gasteiger partial charge on any atom is 0.619 e. The molecule has 1 aromatic carbocycles. The highest BCUT2D eigenvalue weighted by Crippen LogP contribution is 2.57. The third kappa shape index (κ3) is 4.06. The summed E-state index contributed by atoms with van der Waals surface area (Å²) in [6, 6.07) is 7.39. The Morgan fingerprint density at radius 3 is 2.31 bits per heavy atom. The van der Waals surface area contributed by atoms with Crippen LogP contribution in [0.15, 0.2) is 24.3 Å². The summed E-state index contributed by atoms with van der Waals surface area (Å²) in [4.78, 5) is 10.0. The Hall–Kier alpha value is -0.670. The number of aryl methyl sites for hydroxylation is 1. The molecular formula is C11H18O4P+. The van der Waals surface area contributed by atoms with Gasteiger partial charge in [-0.25, -0.2) is 0 Å². The van der Waals surface area contributed by atoms with E-state index in [4.69, 9.17) is 13.6 Å². The van der Waals surface area contributed by atoms with E-state index in [0.29, 0.717) is 19.0 Å². The number of hydrogen-bond acceptors (Lipinski definition) is 4. The van der Waals surface area contributed by atoms with Gasteiger partial charge in [0.25, 0.3) is 0 Å². The van der Waals surface area contributed by atoms with Gasteiger partial charge < -0.3 is 0 Å². The van der Waals surface area contributed by atoms with Gasteiger partial charge in [0.15, 0.2) is 5.75 Å². The second-order valence-corrected chi connectivity index (χ2v) is 4.85. The van der Waals surface area contributed by atoms with Crippen molar-refractivity contribution in [3.63, 3.8) is 0 Å². The van der Waals surface area contributed by atoms with Crippen molar-refractivity contribution in [2.75, 3.05) is 13.2 Å². The number of hydrogen-bond donors (Lipinski definition) is 1. The molecule has 0 aromatic heterocycles. The van der Waals surface area contributed by atoms with Crippen LogP contribution in [-0.2, 0) is 9.05 Å². The van der Waals surface area contributed by atoms with E-state index in [1.54, 1.807) is 19.9 Å². The largest absolute Gasteiger partial charge is 0.619 e. The lowest BCUT2D eigenvalue weighted by Crippen LogP contribution is -2.09. The molecule has 1 rings (SSSR count). The first-order valence-electron chi connectivity index (χ1n) is 5.26. The third-order valence-electron chi connectivity index (χ3n) is 1.79. The Balaban J connectivity index is 2.74. The molecule has 0 aliphatic rings. The fraction of sp³-hybridized carbons (Fsp3) is 0.455. The summed E-state index contributed by atoms with van der Waals surface area (Å²) in [6.45, 7) is 6.20. The molecule has 0 atom stereocenters. The van der Waals surface area contributed by atoms with Crippen molar-refractivity contribution >= 4 is 8.17 Å². The molecular weight excluding hydrogens is 227 g/mol. The summed E-state index contributed by atoms with van der Waals surface area (Å²) in [5.41, 5.74) is 1.05. The van der Waals surface area contributed by atoms with Crippen molar-refractivity contribution in [1.29, 1.82) is 0 Å². The minimum Gasteiger partial charge on any atom is -0.261 e. The molecule has 0 amide bonds. The smallest absolute Gasteiger partial charge is 0.261 e. The van der Waals surface area contributed by atoms with Crippen LogP contribution in [0.1, 0.15) is 19.4 Å². The summed E-state index contributed by atoms with van der Waals surface area (Å²) in [5.74, 6) is 0.553. The van der Waals surface area contributed by atoms with Gasteiger partial charge in [0.2, 0.25) is 0 Å². The van der Waals surface area contributed by atoms with E-state index < -0.39 is 8.17 Å². The van der Waals surface area contributed by atoms with Gasteiger partial charge in [0.05, 0.1) is 13.2 Å². The quantitative estimate of drug-likeness (QED) is 0.782. The Bertz CT molecular complexity index is 324. The van der Waals surface area contributed by atoms with Gasteiger partial charge in [0.1, 0.15) is 0 Å². The summed E-state index contributed by atoms with van der Waals surface area (Å²) in [6.07, 6.45) is 0. The summed E-state index contributed by atoms with van der Waals surface area (Å²) >= 11 is 0. The molecule has 0 saturated carbocycles. The Morgan fingerprint density at radius 2 is 1.81 bits per heavy atom. The zero-order valence-corrected chi connectivity index (χ0v) is 10.7. The highest BCUT2D eigenvalue weighted by molar-refractivity contribution is 7.55. The first kappa shape index (κ1) is 13.4. The second-order valence-electron chi connectivity index (χ2n) is 3.21. The van der Waals surface area contributed by atoms with E-state index in [9.17, 15) is 4.89 Å². The zero-order chi connectivity index (χ0) is 12.0. The van der Waals surface area contributed by atoms with Crippen LogP contribution in [0.4, 0.5) is 0 Å². The number of rotatable bonds is 6. The summed E-state index contributed by atoms with van der Waals surface area (Å²) < 4.78 is 15.7. The van der Waals surface area contributed by atoms with Gasteiger partial charge in [-0.05, 0) is 38.5 Å². The van der Waals surface area contributed by atoms with Crippen molar-refractivity contribution in [2.24, 2.45) is 0 Å². The van der Waals surface area contributed by atoms with Crippen LogP contribution in [0.2, 0.25) is 0 Å². The van der Waals surface area contributed by atoms with Crippen molar-refractivity contribution in [3.05, 3.63) is 29.8 Å². The third-order valence-corrected chi connectivity index (χ3v) is 3.41. The molecule has 0 spiro atoms. The van der Waals surface area contributed by atoms with Crippen LogP contribution in [-0.4, -0.2) is 18.1 Å². The standard InChI is InChI=1S/C11H18O4P/c1-4-13-16(12,14-5-2)15-11-8-6-7-10(3)9-11/h6-9,12H,4-5H2,1-3H3/q+1. The van der Waals surface area contributed by atoms with Gasteiger partial charge in [-0.2, -0.15) is 4.89 Å². The van der Waals surface area contributed by atoms with Crippen LogP contribution in [0.3, 0.4) is 0 Å². The fourth-order valence-corrected chi connectivity index (χ4v) is 2.43. The van der Waals surface area contributed by atoms with E-state index in [0.717, 1.165) is 5.56 Å². The molecule has 0 bridgehead atoms. The predicted molar refractivity (Wildman–Crippen MR) is 64.2 cm³/mol. The maximum absolute atomic E-state index is 10.0. The van der Waals surface area contributed by atoms with E-state index in [1.807, 2.05) is 25.1 Å². The molecule has 0 unspecified atom stereocenters. The van der Waals surface area contributed by atoms with Crippen LogP contribution in [0.5, 0.6) is 5.75 Å². The topological polar surface area (TPSA) is 47.9 Å². The molecule has 0 saturated heterocycles. The van der Waals surface area contributed by atoms with Gasteiger partial charge >= 0.3 is 8.17 Å². The van der Waals surface area contributed by atoms with Crippen molar-refractivity contribution in [2.45, 2.75) is 20.8 Å². The van der Waals surface area contributed by atoms with Gasteiger partial charge in [0, 0.05) is 0 Å². The van der Waals surface area contributed by atoms with Crippen molar-refractivity contribution < 1.29 is 18.5 Å². The molecule has 0 aliphatic carbocycles. The molecule has 1 aromatic rings. The Morgan fingerprint density at radius 1 is 1.19 bits per heavy atom. The molecule has 0 heterocycles. The molecule has 5 heteroatoms. The van der Waals surface area contributed by atoms with E-state index in [2.05, 4.69) is 0 Å². The second kappa shape index (κ2) is 6.16. The first-order valence-corrected chi connectivity index (χ1v) is 6.76. The summed E-state index contributed by atoms with van der Waals surface area (Å²) in [7, 11) is -3.21. The van der Waals surface area contributed by atoms with Gasteiger partial charge in [-0.1, -0.05) is 12.1 Å². The first-order chi connectivity index (χ1) is 7.59. The van der Waals surface area contributed by atoms with Crippen molar-refractivity contribution in [1.82, 2.24) is 0 Å². The molecule has 90 valence electrons. The normalized spacial score (nSPS) is 11.5. The zero-order valence-electron chi connectivity index (χ0n) is 9.84. The van der Waals surface area contributed by atoms with E-state index in [1.165, 1.54) is 0 Å². The average molecular weight is 245 g/mol. The molecule has 4 nitrogen and oxygen atoms in total.